The molecule has 0 amide bonds. The lowest BCUT2D eigenvalue weighted by molar-refractivity contribution is 0.104. The number of benzene rings is 1. The molecule has 0 unspecified atom stereocenters. The van der Waals surface area contributed by atoms with Crippen LogP contribution in [-0.4, -0.2) is 10.4 Å². The average molecular weight is 254 g/mol. The fourth-order valence-corrected chi connectivity index (χ4v) is 2.07. The Balaban J connectivity index is 2.82. The molecule has 0 saturated heterocycles. The Bertz CT molecular complexity index is 599. The largest absolute Gasteiger partial charge is 0.341 e. The second kappa shape index (κ2) is 3.96. The number of allylic oxidation sites excluding steroid dienone is 1. The standard InChI is InChI=1S/C12H9Cl2NO/c1-3-11(16)10-6-7-9(15(10)2)5-4-8(13)12(7)14/h3-6H,1H2,2H3. The summed E-state index contributed by atoms with van der Waals surface area (Å²) in [5.74, 6) is -0.133. The first-order valence-electron chi connectivity index (χ1n) is 4.66. The number of ketones is 1. The van der Waals surface area contributed by atoms with Gasteiger partial charge in [-0.2, -0.15) is 0 Å². The maximum Gasteiger partial charge on any atom is 0.201 e. The van der Waals surface area contributed by atoms with Crippen LogP contribution >= 0.6 is 23.2 Å². The van der Waals surface area contributed by atoms with Gasteiger partial charge in [0.2, 0.25) is 5.78 Å². The SMILES string of the molecule is C=CC(=O)c1cc2c(Cl)c(Cl)ccc2n1C. The van der Waals surface area contributed by atoms with Crippen molar-refractivity contribution >= 4 is 39.9 Å². The zero-order chi connectivity index (χ0) is 11.9. The number of fused-ring (bicyclic) bond motifs is 1. The predicted octanol–water partition coefficient (Wildman–Crippen LogP) is 3.85. The van der Waals surface area contributed by atoms with Gasteiger partial charge in [0, 0.05) is 18.0 Å². The summed E-state index contributed by atoms with van der Waals surface area (Å²) >= 11 is 12.0. The summed E-state index contributed by atoms with van der Waals surface area (Å²) in [4.78, 5) is 11.6. The van der Waals surface area contributed by atoms with E-state index in [4.69, 9.17) is 23.2 Å². The third-order valence-electron chi connectivity index (χ3n) is 2.55. The van der Waals surface area contributed by atoms with E-state index >= 15 is 0 Å². The van der Waals surface area contributed by atoms with Gasteiger partial charge in [0.1, 0.15) is 0 Å². The van der Waals surface area contributed by atoms with E-state index in [-0.39, 0.29) is 5.78 Å². The van der Waals surface area contributed by atoms with Crippen molar-refractivity contribution in [2.75, 3.05) is 0 Å². The van der Waals surface area contributed by atoms with Crippen molar-refractivity contribution in [1.82, 2.24) is 4.57 Å². The van der Waals surface area contributed by atoms with Crippen LogP contribution in [0, 0.1) is 0 Å². The molecule has 2 rings (SSSR count). The Morgan fingerprint density at radius 2 is 2.12 bits per heavy atom. The number of carbonyl (C=O) groups is 1. The van der Waals surface area contributed by atoms with Gasteiger partial charge in [-0.1, -0.05) is 29.8 Å². The third-order valence-corrected chi connectivity index (χ3v) is 3.37. The maximum atomic E-state index is 11.6. The number of hydrogen-bond acceptors (Lipinski definition) is 1. The quantitative estimate of drug-likeness (QED) is 0.589. The van der Waals surface area contributed by atoms with Crippen LogP contribution in [0.4, 0.5) is 0 Å². The van der Waals surface area contributed by atoms with Crippen LogP contribution in [0.5, 0.6) is 0 Å². The summed E-state index contributed by atoms with van der Waals surface area (Å²) in [6.07, 6.45) is 1.28. The number of rotatable bonds is 2. The smallest absolute Gasteiger partial charge is 0.201 e. The minimum Gasteiger partial charge on any atom is -0.341 e. The van der Waals surface area contributed by atoms with E-state index in [1.165, 1.54) is 6.08 Å². The number of nitrogens with zero attached hydrogens (tertiary/aromatic N) is 1. The van der Waals surface area contributed by atoms with Crippen LogP contribution in [0.1, 0.15) is 10.5 Å². The van der Waals surface area contributed by atoms with Crippen molar-refractivity contribution < 1.29 is 4.79 Å². The molecule has 0 aliphatic heterocycles. The lowest BCUT2D eigenvalue weighted by Gasteiger charge is -2.01. The van der Waals surface area contributed by atoms with E-state index in [1.807, 2.05) is 13.1 Å². The molecule has 0 N–H and O–H groups in total. The van der Waals surface area contributed by atoms with E-state index in [2.05, 4.69) is 6.58 Å². The van der Waals surface area contributed by atoms with Gasteiger partial charge >= 0.3 is 0 Å². The molecule has 1 aromatic carbocycles. The van der Waals surface area contributed by atoms with Crippen LogP contribution in [0.2, 0.25) is 10.0 Å². The molecule has 0 fully saturated rings. The molecule has 4 heteroatoms. The van der Waals surface area contributed by atoms with Gasteiger partial charge in [-0.25, -0.2) is 0 Å². The Morgan fingerprint density at radius 3 is 2.75 bits per heavy atom. The van der Waals surface area contributed by atoms with Gasteiger partial charge in [-0.05, 0) is 24.3 Å². The van der Waals surface area contributed by atoms with Crippen LogP contribution in [-0.2, 0) is 7.05 Å². The number of aryl methyl sites for hydroxylation is 1. The molecule has 0 aliphatic carbocycles. The van der Waals surface area contributed by atoms with Crippen molar-refractivity contribution in [2.45, 2.75) is 0 Å². The highest BCUT2D eigenvalue weighted by Gasteiger charge is 2.13. The molecule has 2 aromatic rings. The molecular formula is C12H9Cl2NO. The van der Waals surface area contributed by atoms with E-state index in [1.54, 1.807) is 16.7 Å². The van der Waals surface area contributed by atoms with E-state index in [0.717, 1.165) is 10.9 Å². The molecule has 0 saturated carbocycles. The van der Waals surface area contributed by atoms with Gasteiger partial charge in [-0.15, -0.1) is 0 Å². The second-order valence-electron chi connectivity index (χ2n) is 3.45. The van der Waals surface area contributed by atoms with Gasteiger partial charge in [0.05, 0.1) is 15.7 Å². The Labute approximate surface area is 103 Å². The molecular weight excluding hydrogens is 245 g/mol. The number of aromatic nitrogens is 1. The Morgan fingerprint density at radius 1 is 1.44 bits per heavy atom. The molecule has 0 bridgehead atoms. The molecule has 1 aromatic heterocycles. The number of halogens is 2. The van der Waals surface area contributed by atoms with Gasteiger partial charge < -0.3 is 4.57 Å². The lowest BCUT2D eigenvalue weighted by Crippen LogP contribution is -2.01. The molecule has 0 radical (unpaired) electrons. The highest BCUT2D eigenvalue weighted by Crippen LogP contribution is 2.32. The van der Waals surface area contributed by atoms with E-state index < -0.39 is 0 Å². The highest BCUT2D eigenvalue weighted by atomic mass is 35.5. The van der Waals surface area contributed by atoms with Crippen molar-refractivity contribution in [1.29, 1.82) is 0 Å². The summed E-state index contributed by atoms with van der Waals surface area (Å²) < 4.78 is 1.78. The van der Waals surface area contributed by atoms with Crippen LogP contribution in [0.3, 0.4) is 0 Å². The van der Waals surface area contributed by atoms with Gasteiger partial charge in [-0.3, -0.25) is 4.79 Å². The predicted molar refractivity (Wildman–Crippen MR) is 67.5 cm³/mol. The fourth-order valence-electron chi connectivity index (χ4n) is 1.69. The molecule has 0 atom stereocenters. The first kappa shape index (κ1) is 11.2. The second-order valence-corrected chi connectivity index (χ2v) is 4.24. The average Bonchev–Trinajstić information content (AvgIpc) is 2.61. The van der Waals surface area contributed by atoms with Crippen molar-refractivity contribution in [3.63, 3.8) is 0 Å². The van der Waals surface area contributed by atoms with E-state index in [9.17, 15) is 4.79 Å². The summed E-state index contributed by atoms with van der Waals surface area (Å²) in [5, 5.41) is 1.73. The zero-order valence-electron chi connectivity index (χ0n) is 8.63. The van der Waals surface area contributed by atoms with Crippen molar-refractivity contribution in [3.8, 4) is 0 Å². The molecule has 0 spiro atoms. The minimum atomic E-state index is -0.133. The Hall–Kier alpha value is -1.25. The fraction of sp³-hybridized carbons (Fsp3) is 0.0833. The van der Waals surface area contributed by atoms with Crippen molar-refractivity contribution in [3.05, 3.63) is 46.6 Å². The van der Waals surface area contributed by atoms with Crippen molar-refractivity contribution in [2.24, 2.45) is 7.05 Å². The van der Waals surface area contributed by atoms with Crippen LogP contribution in [0.25, 0.3) is 10.9 Å². The highest BCUT2D eigenvalue weighted by molar-refractivity contribution is 6.45. The summed E-state index contributed by atoms with van der Waals surface area (Å²) in [6, 6.07) is 5.28. The normalized spacial score (nSPS) is 10.7. The summed E-state index contributed by atoms with van der Waals surface area (Å²) in [7, 11) is 1.81. The molecule has 16 heavy (non-hydrogen) atoms. The number of hydrogen-bond donors (Lipinski definition) is 0. The summed E-state index contributed by atoms with van der Waals surface area (Å²) in [5.41, 5.74) is 1.42. The van der Waals surface area contributed by atoms with Gasteiger partial charge in [0.25, 0.3) is 0 Å². The third kappa shape index (κ3) is 1.55. The topological polar surface area (TPSA) is 22.0 Å². The van der Waals surface area contributed by atoms with E-state index in [0.29, 0.717) is 15.7 Å². The Kier molecular flexibility index (Phi) is 2.78. The summed E-state index contributed by atoms with van der Waals surface area (Å²) in [6.45, 7) is 3.47. The molecule has 82 valence electrons. The monoisotopic (exact) mass is 253 g/mol. The van der Waals surface area contributed by atoms with Crippen LogP contribution in [0.15, 0.2) is 30.9 Å². The van der Waals surface area contributed by atoms with Crippen LogP contribution < -0.4 is 0 Å². The molecule has 1 heterocycles. The zero-order valence-corrected chi connectivity index (χ0v) is 10.1. The minimum absolute atomic E-state index is 0.133. The number of carbonyl (C=O) groups excluding carboxylic acids is 1. The first-order valence-corrected chi connectivity index (χ1v) is 5.42. The lowest BCUT2D eigenvalue weighted by atomic mass is 10.2. The first-order chi connectivity index (χ1) is 7.56. The van der Waals surface area contributed by atoms with Gasteiger partial charge in [0.15, 0.2) is 0 Å². The molecule has 2 nitrogen and oxygen atoms in total. The molecule has 0 aliphatic rings. The maximum absolute atomic E-state index is 11.6.